The third-order valence-corrected chi connectivity index (χ3v) is 4.54. The quantitative estimate of drug-likeness (QED) is 0.579. The van der Waals surface area contributed by atoms with Crippen LogP contribution in [0.3, 0.4) is 0 Å². The number of nitrogens with one attached hydrogen (secondary N) is 1. The van der Waals surface area contributed by atoms with E-state index in [1.807, 2.05) is 0 Å². The Balaban J connectivity index is 2.03. The van der Waals surface area contributed by atoms with Gasteiger partial charge in [0.2, 0.25) is 15.9 Å². The van der Waals surface area contributed by atoms with E-state index in [1.165, 1.54) is 29.0 Å². The van der Waals surface area contributed by atoms with Gasteiger partial charge < -0.3 is 9.84 Å². The Morgan fingerprint density at radius 3 is 2.84 bits per heavy atom. The molecule has 0 saturated heterocycles. The lowest BCUT2D eigenvalue weighted by molar-refractivity contribution is 0.330. The summed E-state index contributed by atoms with van der Waals surface area (Å²) in [5.74, 6) is -0.981. The van der Waals surface area contributed by atoms with Crippen molar-refractivity contribution in [3.8, 4) is 11.4 Å². The number of hydrogen-bond acceptors (Lipinski definition) is 8. The van der Waals surface area contributed by atoms with Crippen molar-refractivity contribution in [1.29, 1.82) is 0 Å². The van der Waals surface area contributed by atoms with E-state index in [9.17, 15) is 17.9 Å². The lowest BCUT2D eigenvalue weighted by Crippen LogP contribution is -2.12. The molecule has 1 aliphatic rings. The molecule has 158 valence electrons. The summed E-state index contributed by atoms with van der Waals surface area (Å²) in [6, 6.07) is 3.78. The number of para-hydroxylation sites is 1. The van der Waals surface area contributed by atoms with Crippen molar-refractivity contribution >= 4 is 38.7 Å². The molecule has 0 saturated carbocycles. The maximum Gasteiger partial charge on any atom is 0.231 e. The highest BCUT2D eigenvalue weighted by atomic mass is 32.2. The normalized spacial score (nSPS) is 13.3. The largest absolute Gasteiger partial charge is 0.506 e. The topological polar surface area (TPSA) is 132 Å². The molecule has 3 heterocycles. The van der Waals surface area contributed by atoms with E-state index in [0.717, 1.165) is 12.3 Å². The van der Waals surface area contributed by atoms with Crippen molar-refractivity contribution in [2.24, 2.45) is 4.99 Å². The first-order chi connectivity index (χ1) is 14.8. The molecule has 0 unspecified atom stereocenters. The molecule has 31 heavy (non-hydrogen) atoms. The minimum absolute atomic E-state index is 0.0129. The van der Waals surface area contributed by atoms with E-state index < -0.39 is 21.6 Å². The average Bonchev–Trinajstić information content (AvgIpc) is 3.06. The van der Waals surface area contributed by atoms with Crippen LogP contribution < -0.4 is 4.72 Å². The highest BCUT2D eigenvalue weighted by Crippen LogP contribution is 2.32. The van der Waals surface area contributed by atoms with E-state index in [-0.39, 0.29) is 40.2 Å². The zero-order valence-electron chi connectivity index (χ0n) is 16.3. The zero-order chi connectivity index (χ0) is 22.2. The number of halogens is 1. The summed E-state index contributed by atoms with van der Waals surface area (Å²) >= 11 is 0. The Kier molecular flexibility index (Phi) is 5.04. The van der Waals surface area contributed by atoms with Crippen LogP contribution in [-0.2, 0) is 14.8 Å². The molecule has 3 aromatic rings. The van der Waals surface area contributed by atoms with Crippen LogP contribution in [0.1, 0.15) is 12.7 Å². The van der Waals surface area contributed by atoms with Crippen molar-refractivity contribution in [1.82, 2.24) is 19.5 Å². The number of sulfonamides is 1. The summed E-state index contributed by atoms with van der Waals surface area (Å²) < 4.78 is 46.7. The minimum Gasteiger partial charge on any atom is -0.506 e. The first-order valence-corrected chi connectivity index (χ1v) is 10.8. The summed E-state index contributed by atoms with van der Waals surface area (Å²) in [5, 5.41) is 10.4. The number of aromatic nitrogens is 4. The summed E-state index contributed by atoms with van der Waals surface area (Å²) in [6.45, 7) is 2.15. The van der Waals surface area contributed by atoms with Crippen LogP contribution in [0, 0.1) is 5.82 Å². The molecule has 0 atom stereocenters. The van der Waals surface area contributed by atoms with E-state index >= 15 is 0 Å². The Morgan fingerprint density at radius 2 is 2.13 bits per heavy atom. The number of anilines is 1. The standard InChI is InChI=1S/C19H15FN6O4S/c1-3-30-15-9-5-7-12(22-15)18-24-17-19(23-14(10-21-17)25-31(2,28)29)26(18)16-11(20)6-4-8-13(16)27/h4,6,8-10,27H,3H2,1-2H3,(H,23,25). The Labute approximate surface area is 175 Å². The fourth-order valence-corrected chi connectivity index (χ4v) is 3.33. The highest BCUT2D eigenvalue weighted by Gasteiger charge is 2.24. The fourth-order valence-electron chi connectivity index (χ4n) is 2.85. The number of phenolic OH excluding ortho intramolecular Hbond substituents is 1. The lowest BCUT2D eigenvalue weighted by atomic mass is 10.2. The molecule has 4 rings (SSSR count). The van der Waals surface area contributed by atoms with Crippen molar-refractivity contribution in [2.75, 3.05) is 17.6 Å². The highest BCUT2D eigenvalue weighted by molar-refractivity contribution is 7.92. The fraction of sp³-hybridized carbons (Fsp3) is 0.158. The van der Waals surface area contributed by atoms with E-state index in [0.29, 0.717) is 6.61 Å². The molecule has 10 nitrogen and oxygen atoms in total. The molecule has 0 spiro atoms. The van der Waals surface area contributed by atoms with Crippen molar-refractivity contribution in [3.63, 3.8) is 0 Å². The van der Waals surface area contributed by atoms with Crippen LogP contribution in [0.5, 0.6) is 5.75 Å². The van der Waals surface area contributed by atoms with Gasteiger partial charge in [0.05, 0.1) is 25.1 Å². The van der Waals surface area contributed by atoms with Gasteiger partial charge in [0.1, 0.15) is 11.4 Å². The number of nitrogens with zero attached hydrogens (tertiary/aromatic N) is 5. The van der Waals surface area contributed by atoms with Crippen LogP contribution in [0.15, 0.2) is 46.9 Å². The molecule has 1 aromatic carbocycles. The first kappa shape index (κ1) is 20.3. The number of benzene rings is 1. The Bertz CT molecular complexity index is 1430. The first-order valence-electron chi connectivity index (χ1n) is 8.91. The maximum absolute atomic E-state index is 14.8. The second-order valence-corrected chi connectivity index (χ2v) is 8.05. The Hall–Kier alpha value is -3.98. The molecule has 0 fully saturated rings. The second kappa shape index (κ2) is 7.69. The van der Waals surface area contributed by atoms with Crippen LogP contribution in [0.25, 0.3) is 22.7 Å². The van der Waals surface area contributed by atoms with Gasteiger partial charge in [-0.2, -0.15) is 0 Å². The number of ether oxygens (including phenoxy) is 1. The van der Waals surface area contributed by atoms with Gasteiger partial charge in [-0.05, 0) is 24.8 Å². The molecular formula is C19H15FN6O4S. The van der Waals surface area contributed by atoms with Crippen LogP contribution in [0.2, 0.25) is 0 Å². The molecule has 0 aliphatic carbocycles. The summed E-state index contributed by atoms with van der Waals surface area (Å²) in [7, 11) is -3.64. The number of aromatic hydroxyl groups is 1. The molecular weight excluding hydrogens is 427 g/mol. The molecule has 2 N–H and O–H groups in total. The third kappa shape index (κ3) is 4.03. The SMILES string of the molecule is CCOC1=NC(c2nc3ncc(NS(C)(=O)=O)nc3n2-c2c(O)cccc2F)=C=C=C1. The van der Waals surface area contributed by atoms with Gasteiger partial charge >= 0.3 is 0 Å². The number of rotatable bonds is 5. The van der Waals surface area contributed by atoms with Crippen molar-refractivity contribution < 1.29 is 22.7 Å². The monoisotopic (exact) mass is 442 g/mol. The van der Waals surface area contributed by atoms with Crippen LogP contribution in [-0.4, -0.2) is 51.8 Å². The zero-order valence-corrected chi connectivity index (χ0v) is 17.1. The van der Waals surface area contributed by atoms with Crippen LogP contribution >= 0.6 is 0 Å². The number of imidazole rings is 1. The third-order valence-electron chi connectivity index (χ3n) is 3.96. The van der Waals surface area contributed by atoms with Crippen molar-refractivity contribution in [3.05, 3.63) is 53.6 Å². The molecule has 12 heteroatoms. The van der Waals surface area contributed by atoms with Gasteiger partial charge in [0.25, 0.3) is 0 Å². The molecule has 0 amide bonds. The van der Waals surface area contributed by atoms with Gasteiger partial charge in [-0.3, -0.25) is 9.29 Å². The smallest absolute Gasteiger partial charge is 0.231 e. The number of hydrogen-bond donors (Lipinski definition) is 2. The molecule has 1 aliphatic heterocycles. The number of fused-ring (bicyclic) bond motifs is 1. The van der Waals surface area contributed by atoms with Crippen molar-refractivity contribution in [2.45, 2.75) is 6.92 Å². The van der Waals surface area contributed by atoms with Gasteiger partial charge in [-0.15, -0.1) is 0 Å². The number of phenols is 1. The molecule has 0 bridgehead atoms. The van der Waals surface area contributed by atoms with Gasteiger partial charge in [0.15, 0.2) is 34.5 Å². The number of aliphatic imine (C=N–C) groups is 1. The second-order valence-electron chi connectivity index (χ2n) is 6.30. The van der Waals surface area contributed by atoms with Gasteiger partial charge in [-0.1, -0.05) is 11.8 Å². The predicted octanol–water partition coefficient (Wildman–Crippen LogP) is 2.13. The van der Waals surface area contributed by atoms with Crippen LogP contribution in [0.4, 0.5) is 10.2 Å². The summed E-state index contributed by atoms with van der Waals surface area (Å²) in [6.07, 6.45) is 3.61. The van der Waals surface area contributed by atoms with E-state index in [4.69, 9.17) is 4.74 Å². The minimum atomic E-state index is -3.64. The van der Waals surface area contributed by atoms with E-state index in [2.05, 4.69) is 36.1 Å². The van der Waals surface area contributed by atoms with Gasteiger partial charge in [-0.25, -0.2) is 32.8 Å². The summed E-state index contributed by atoms with van der Waals surface area (Å²) in [5.41, 5.74) is 5.45. The Morgan fingerprint density at radius 1 is 1.32 bits per heavy atom. The predicted molar refractivity (Wildman–Crippen MR) is 111 cm³/mol. The molecule has 0 radical (unpaired) electrons. The molecule has 2 aromatic heterocycles. The van der Waals surface area contributed by atoms with E-state index in [1.54, 1.807) is 6.92 Å². The lowest BCUT2D eigenvalue weighted by Gasteiger charge is -2.12. The average molecular weight is 442 g/mol. The summed E-state index contributed by atoms with van der Waals surface area (Å²) in [4.78, 5) is 17.0. The van der Waals surface area contributed by atoms with Gasteiger partial charge in [0, 0.05) is 0 Å². The maximum atomic E-state index is 14.8.